The van der Waals surface area contributed by atoms with Crippen LogP contribution in [0.1, 0.15) is 5.69 Å². The van der Waals surface area contributed by atoms with Crippen LogP contribution >= 0.6 is 0 Å². The molecule has 0 spiro atoms. The third-order valence-corrected chi connectivity index (χ3v) is 2.19. The Balaban J connectivity index is 2.36. The molecule has 5 heteroatoms. The molecule has 2 heterocycles. The number of hydrogen-bond acceptors (Lipinski definition) is 3. The number of rotatable bonds is 3. The number of pyridine rings is 1. The van der Waals surface area contributed by atoms with Crippen molar-refractivity contribution < 1.29 is 9.90 Å². The van der Waals surface area contributed by atoms with E-state index in [0.29, 0.717) is 5.69 Å². The van der Waals surface area contributed by atoms with Crippen LogP contribution in [0.25, 0.3) is 11.4 Å². The van der Waals surface area contributed by atoms with Gasteiger partial charge in [0.2, 0.25) is 0 Å². The molecule has 0 fully saturated rings. The monoisotopic (exact) mass is 217 g/mol. The minimum Gasteiger partial charge on any atom is -0.481 e. The molecule has 0 unspecified atom stereocenters. The van der Waals surface area contributed by atoms with Crippen molar-refractivity contribution >= 4 is 5.97 Å². The second-order valence-electron chi connectivity index (χ2n) is 3.43. The van der Waals surface area contributed by atoms with Gasteiger partial charge in [0.1, 0.15) is 0 Å². The van der Waals surface area contributed by atoms with Gasteiger partial charge in [-0.05, 0) is 18.2 Å². The SMILES string of the molecule is Cn1nc(CC(=O)O)cc1-c1ccccn1. The molecule has 2 aromatic rings. The smallest absolute Gasteiger partial charge is 0.309 e. The number of aryl methyl sites for hydroxylation is 1. The zero-order valence-corrected chi connectivity index (χ0v) is 8.79. The van der Waals surface area contributed by atoms with Gasteiger partial charge in [0.25, 0.3) is 0 Å². The first-order chi connectivity index (χ1) is 7.66. The highest BCUT2D eigenvalue weighted by atomic mass is 16.4. The molecule has 0 saturated heterocycles. The van der Waals surface area contributed by atoms with E-state index >= 15 is 0 Å². The van der Waals surface area contributed by atoms with Crippen LogP contribution in [0.2, 0.25) is 0 Å². The maximum absolute atomic E-state index is 10.6. The third kappa shape index (κ3) is 2.08. The molecule has 1 N–H and O–H groups in total. The van der Waals surface area contributed by atoms with Crippen LogP contribution in [0.3, 0.4) is 0 Å². The molecule has 0 amide bonds. The predicted octanol–water partition coefficient (Wildman–Crippen LogP) is 1.11. The van der Waals surface area contributed by atoms with Crippen molar-refractivity contribution in [3.8, 4) is 11.4 Å². The van der Waals surface area contributed by atoms with Crippen molar-refractivity contribution in [2.24, 2.45) is 7.05 Å². The van der Waals surface area contributed by atoms with Crippen LogP contribution in [0.15, 0.2) is 30.5 Å². The Kier molecular flexibility index (Phi) is 2.68. The lowest BCUT2D eigenvalue weighted by atomic mass is 10.2. The molecule has 0 radical (unpaired) electrons. The largest absolute Gasteiger partial charge is 0.481 e. The van der Waals surface area contributed by atoms with Gasteiger partial charge < -0.3 is 5.11 Å². The number of aliphatic carboxylic acids is 1. The Morgan fingerprint density at radius 2 is 2.31 bits per heavy atom. The molecule has 16 heavy (non-hydrogen) atoms. The van der Waals surface area contributed by atoms with Crippen LogP contribution in [-0.4, -0.2) is 25.8 Å². The van der Waals surface area contributed by atoms with Crippen molar-refractivity contribution in [2.75, 3.05) is 0 Å². The van der Waals surface area contributed by atoms with E-state index in [4.69, 9.17) is 5.11 Å². The number of carboxylic acid groups (broad SMARTS) is 1. The summed E-state index contributed by atoms with van der Waals surface area (Å²) in [4.78, 5) is 14.8. The molecule has 0 aliphatic heterocycles. The fraction of sp³-hybridized carbons (Fsp3) is 0.182. The summed E-state index contributed by atoms with van der Waals surface area (Å²) in [6.45, 7) is 0. The summed E-state index contributed by atoms with van der Waals surface area (Å²) in [7, 11) is 1.77. The second kappa shape index (κ2) is 4.14. The quantitative estimate of drug-likeness (QED) is 0.836. The van der Waals surface area contributed by atoms with Crippen LogP contribution in [0.5, 0.6) is 0 Å². The Labute approximate surface area is 92.4 Å². The van der Waals surface area contributed by atoms with E-state index in [9.17, 15) is 4.79 Å². The second-order valence-corrected chi connectivity index (χ2v) is 3.43. The van der Waals surface area contributed by atoms with Gasteiger partial charge in [-0.2, -0.15) is 5.10 Å². The molecular weight excluding hydrogens is 206 g/mol. The summed E-state index contributed by atoms with van der Waals surface area (Å²) < 4.78 is 1.64. The average molecular weight is 217 g/mol. The molecule has 2 rings (SSSR count). The summed E-state index contributed by atoms with van der Waals surface area (Å²) in [5, 5.41) is 12.8. The Hall–Kier alpha value is -2.17. The van der Waals surface area contributed by atoms with Gasteiger partial charge in [0.05, 0.1) is 23.5 Å². The highest BCUT2D eigenvalue weighted by Gasteiger charge is 2.10. The van der Waals surface area contributed by atoms with Crippen molar-refractivity contribution in [1.29, 1.82) is 0 Å². The third-order valence-electron chi connectivity index (χ3n) is 2.19. The normalized spacial score (nSPS) is 10.3. The molecule has 2 aromatic heterocycles. The van der Waals surface area contributed by atoms with E-state index in [1.165, 1.54) is 0 Å². The molecule has 82 valence electrons. The first-order valence-corrected chi connectivity index (χ1v) is 4.83. The summed E-state index contributed by atoms with van der Waals surface area (Å²) in [5.74, 6) is -0.884. The summed E-state index contributed by atoms with van der Waals surface area (Å²) in [6.07, 6.45) is 1.62. The lowest BCUT2D eigenvalue weighted by Gasteiger charge is -1.98. The topological polar surface area (TPSA) is 68.0 Å². The van der Waals surface area contributed by atoms with Crippen LogP contribution in [0.4, 0.5) is 0 Å². The van der Waals surface area contributed by atoms with Gasteiger partial charge in [0, 0.05) is 13.2 Å². The number of carboxylic acids is 1. The van der Waals surface area contributed by atoms with Gasteiger partial charge in [0.15, 0.2) is 0 Å². The van der Waals surface area contributed by atoms with Crippen molar-refractivity contribution in [1.82, 2.24) is 14.8 Å². The number of carbonyl (C=O) groups is 1. The zero-order valence-electron chi connectivity index (χ0n) is 8.79. The highest BCUT2D eigenvalue weighted by molar-refractivity contribution is 5.70. The van der Waals surface area contributed by atoms with Crippen LogP contribution in [-0.2, 0) is 18.3 Å². The summed E-state index contributed by atoms with van der Waals surface area (Å²) >= 11 is 0. The molecular formula is C11H11N3O2. The van der Waals surface area contributed by atoms with E-state index in [-0.39, 0.29) is 6.42 Å². The van der Waals surface area contributed by atoms with Gasteiger partial charge >= 0.3 is 5.97 Å². The Morgan fingerprint density at radius 3 is 2.94 bits per heavy atom. The molecule has 0 atom stereocenters. The minimum absolute atomic E-state index is 0.0688. The molecule has 5 nitrogen and oxygen atoms in total. The highest BCUT2D eigenvalue weighted by Crippen LogP contribution is 2.16. The van der Waals surface area contributed by atoms with Crippen LogP contribution in [0, 0.1) is 0 Å². The fourth-order valence-electron chi connectivity index (χ4n) is 1.52. The van der Waals surface area contributed by atoms with E-state index in [0.717, 1.165) is 11.4 Å². The first kappa shape index (κ1) is 10.4. The van der Waals surface area contributed by atoms with Crippen LogP contribution < -0.4 is 0 Å². The van der Waals surface area contributed by atoms with Gasteiger partial charge in [-0.15, -0.1) is 0 Å². The van der Waals surface area contributed by atoms with E-state index in [1.807, 2.05) is 18.2 Å². The summed E-state index contributed by atoms with van der Waals surface area (Å²) in [5.41, 5.74) is 2.14. The first-order valence-electron chi connectivity index (χ1n) is 4.83. The molecule has 0 aliphatic carbocycles. The van der Waals surface area contributed by atoms with E-state index in [2.05, 4.69) is 10.1 Å². The number of aromatic nitrogens is 3. The lowest BCUT2D eigenvalue weighted by molar-refractivity contribution is -0.136. The maximum Gasteiger partial charge on any atom is 0.309 e. The fourth-order valence-corrected chi connectivity index (χ4v) is 1.52. The average Bonchev–Trinajstić information content (AvgIpc) is 2.60. The maximum atomic E-state index is 10.6. The van der Waals surface area contributed by atoms with Gasteiger partial charge in [-0.25, -0.2) is 0 Å². The predicted molar refractivity (Wildman–Crippen MR) is 57.8 cm³/mol. The number of hydrogen-bond donors (Lipinski definition) is 1. The minimum atomic E-state index is -0.884. The van der Waals surface area contributed by atoms with Gasteiger partial charge in [-0.3, -0.25) is 14.5 Å². The Bertz CT molecular complexity index is 505. The molecule has 0 saturated carbocycles. The number of nitrogens with zero attached hydrogens (tertiary/aromatic N) is 3. The van der Waals surface area contributed by atoms with Crippen molar-refractivity contribution in [3.63, 3.8) is 0 Å². The van der Waals surface area contributed by atoms with E-state index < -0.39 is 5.97 Å². The van der Waals surface area contributed by atoms with Crippen molar-refractivity contribution in [2.45, 2.75) is 6.42 Å². The van der Waals surface area contributed by atoms with E-state index in [1.54, 1.807) is 24.0 Å². The van der Waals surface area contributed by atoms with Crippen molar-refractivity contribution in [3.05, 3.63) is 36.2 Å². The molecule has 0 bridgehead atoms. The molecule has 0 aromatic carbocycles. The standard InChI is InChI=1S/C11H11N3O2/c1-14-10(9-4-2-3-5-12-9)6-8(13-14)7-11(15)16/h2-6H,7H2,1H3,(H,15,16). The molecule has 0 aliphatic rings. The van der Waals surface area contributed by atoms with Gasteiger partial charge in [-0.1, -0.05) is 6.07 Å². The zero-order chi connectivity index (χ0) is 11.5. The summed E-state index contributed by atoms with van der Waals surface area (Å²) in [6, 6.07) is 7.32. The Morgan fingerprint density at radius 1 is 1.50 bits per heavy atom. The lowest BCUT2D eigenvalue weighted by Crippen LogP contribution is -2.01.